The third kappa shape index (κ3) is 3.27. The fourth-order valence-electron chi connectivity index (χ4n) is 4.30. The Labute approximate surface area is 179 Å². The molecule has 31 heavy (non-hydrogen) atoms. The lowest BCUT2D eigenvalue weighted by molar-refractivity contribution is 0.102. The number of hydrogen-bond donors (Lipinski definition) is 3. The molecular weight excluding hydrogens is 394 g/mol. The van der Waals surface area contributed by atoms with Crippen LogP contribution in [0.3, 0.4) is 0 Å². The zero-order valence-electron chi connectivity index (χ0n) is 17.8. The molecule has 1 fully saturated rings. The molecule has 1 aliphatic rings. The van der Waals surface area contributed by atoms with Crippen LogP contribution in [-0.4, -0.2) is 56.8 Å². The first-order valence-corrected chi connectivity index (χ1v) is 10.3. The van der Waals surface area contributed by atoms with E-state index in [9.17, 15) is 9.90 Å². The van der Waals surface area contributed by atoms with Gasteiger partial charge in [-0.05, 0) is 25.1 Å². The summed E-state index contributed by atoms with van der Waals surface area (Å²) < 4.78 is 3.42. The average molecular weight is 419 g/mol. The highest BCUT2D eigenvalue weighted by molar-refractivity contribution is 6.14. The van der Waals surface area contributed by atoms with Gasteiger partial charge in [-0.1, -0.05) is 0 Å². The number of amides is 1. The van der Waals surface area contributed by atoms with Gasteiger partial charge in [0.25, 0.3) is 5.91 Å². The standard InChI is InChI=1S/C22H25N7O2/c1-13-19-14(11-27(2)25-19)10-17(21(13)30)24-22(31)15-4-5-18(29-8-6-23-7-9-29)16-12-28(3)26-20(15)16/h4-5,10-12,23,30H,6-9H2,1-3H3,(H,24,31). The second-order valence-corrected chi connectivity index (χ2v) is 8.03. The maximum Gasteiger partial charge on any atom is 0.258 e. The van der Waals surface area contributed by atoms with E-state index < -0.39 is 0 Å². The molecule has 0 bridgehead atoms. The van der Waals surface area contributed by atoms with Gasteiger partial charge < -0.3 is 20.6 Å². The summed E-state index contributed by atoms with van der Waals surface area (Å²) in [5.41, 5.74) is 3.90. The molecule has 3 heterocycles. The Morgan fingerprint density at radius 3 is 2.58 bits per heavy atom. The van der Waals surface area contributed by atoms with E-state index in [0.29, 0.717) is 27.8 Å². The highest BCUT2D eigenvalue weighted by Crippen LogP contribution is 2.35. The first kappa shape index (κ1) is 19.4. The predicted octanol–water partition coefficient (Wildman–Crippen LogP) is 2.14. The van der Waals surface area contributed by atoms with Crippen LogP contribution in [0.2, 0.25) is 0 Å². The number of aromatic hydroxyl groups is 1. The van der Waals surface area contributed by atoms with Gasteiger partial charge in [-0.15, -0.1) is 0 Å². The highest BCUT2D eigenvalue weighted by Gasteiger charge is 2.21. The lowest BCUT2D eigenvalue weighted by Gasteiger charge is -2.30. The maximum atomic E-state index is 13.2. The first-order valence-electron chi connectivity index (χ1n) is 10.3. The molecule has 1 amide bonds. The van der Waals surface area contributed by atoms with Crippen LogP contribution in [-0.2, 0) is 14.1 Å². The van der Waals surface area contributed by atoms with Crippen molar-refractivity contribution in [2.45, 2.75) is 6.92 Å². The van der Waals surface area contributed by atoms with Gasteiger partial charge in [0.05, 0.1) is 16.8 Å². The van der Waals surface area contributed by atoms with Crippen molar-refractivity contribution in [3.63, 3.8) is 0 Å². The van der Waals surface area contributed by atoms with Crippen LogP contribution in [0.15, 0.2) is 30.6 Å². The van der Waals surface area contributed by atoms with Crippen molar-refractivity contribution >= 4 is 39.1 Å². The molecule has 2 aromatic heterocycles. The van der Waals surface area contributed by atoms with E-state index in [4.69, 9.17) is 0 Å². The number of aromatic nitrogens is 4. The van der Waals surface area contributed by atoms with E-state index in [2.05, 4.69) is 25.7 Å². The second kappa shape index (κ2) is 7.28. The van der Waals surface area contributed by atoms with E-state index >= 15 is 0 Å². The molecule has 0 saturated carbocycles. The van der Waals surface area contributed by atoms with Gasteiger partial charge >= 0.3 is 0 Å². The van der Waals surface area contributed by atoms with Gasteiger partial charge in [0.2, 0.25) is 0 Å². The zero-order valence-corrected chi connectivity index (χ0v) is 17.8. The van der Waals surface area contributed by atoms with E-state index in [0.717, 1.165) is 42.6 Å². The summed E-state index contributed by atoms with van der Waals surface area (Å²) in [6.45, 7) is 5.47. The number of benzene rings is 2. The molecule has 160 valence electrons. The first-order chi connectivity index (χ1) is 14.9. The Morgan fingerprint density at radius 2 is 1.81 bits per heavy atom. The molecule has 3 N–H and O–H groups in total. The van der Waals surface area contributed by atoms with Crippen molar-refractivity contribution in [1.82, 2.24) is 24.9 Å². The highest BCUT2D eigenvalue weighted by atomic mass is 16.3. The summed E-state index contributed by atoms with van der Waals surface area (Å²) in [6.07, 6.45) is 3.81. The second-order valence-electron chi connectivity index (χ2n) is 8.03. The summed E-state index contributed by atoms with van der Waals surface area (Å²) in [5.74, 6) is -0.289. The number of aryl methyl sites for hydroxylation is 3. The third-order valence-corrected chi connectivity index (χ3v) is 5.84. The van der Waals surface area contributed by atoms with E-state index in [1.807, 2.05) is 38.6 Å². The minimum absolute atomic E-state index is 0.0225. The maximum absolute atomic E-state index is 13.2. The average Bonchev–Trinajstić information content (AvgIpc) is 3.33. The van der Waals surface area contributed by atoms with Crippen molar-refractivity contribution in [2.75, 3.05) is 36.4 Å². The SMILES string of the molecule is Cc1c(O)c(NC(=O)c2ccc(N3CCNCC3)c3cn(C)nc23)cc2cn(C)nc12. The molecule has 0 spiro atoms. The molecule has 2 aromatic carbocycles. The van der Waals surface area contributed by atoms with E-state index in [1.54, 1.807) is 22.4 Å². The van der Waals surface area contributed by atoms with Crippen LogP contribution in [0.4, 0.5) is 11.4 Å². The van der Waals surface area contributed by atoms with Crippen LogP contribution >= 0.6 is 0 Å². The fourth-order valence-corrected chi connectivity index (χ4v) is 4.30. The summed E-state index contributed by atoms with van der Waals surface area (Å²) in [5, 5.41) is 27.6. The van der Waals surface area contributed by atoms with E-state index in [1.165, 1.54) is 0 Å². The molecule has 9 nitrogen and oxygen atoms in total. The zero-order chi connectivity index (χ0) is 21.7. The van der Waals surface area contributed by atoms with Gasteiger partial charge in [-0.25, -0.2) is 0 Å². The molecule has 0 radical (unpaired) electrons. The lowest BCUT2D eigenvalue weighted by Crippen LogP contribution is -2.43. The number of anilines is 2. The Hall–Kier alpha value is -3.59. The monoisotopic (exact) mass is 419 g/mol. The van der Waals surface area contributed by atoms with Crippen LogP contribution in [0, 0.1) is 6.92 Å². The number of carbonyl (C=O) groups is 1. The van der Waals surface area contributed by atoms with Crippen molar-refractivity contribution in [3.05, 3.63) is 41.7 Å². The topological polar surface area (TPSA) is 100 Å². The van der Waals surface area contributed by atoms with Crippen molar-refractivity contribution in [2.24, 2.45) is 14.1 Å². The van der Waals surface area contributed by atoms with Gasteiger partial charge in [-0.3, -0.25) is 14.2 Å². The number of carbonyl (C=O) groups excluding carboxylic acids is 1. The summed E-state index contributed by atoms with van der Waals surface area (Å²) in [6, 6.07) is 5.54. The molecule has 0 atom stereocenters. The largest absolute Gasteiger partial charge is 0.505 e. The minimum Gasteiger partial charge on any atom is -0.505 e. The van der Waals surface area contributed by atoms with Gasteiger partial charge in [0, 0.05) is 74.7 Å². The molecule has 9 heteroatoms. The number of piperazine rings is 1. The molecule has 1 aliphatic heterocycles. The molecular formula is C22H25N7O2. The van der Waals surface area contributed by atoms with E-state index in [-0.39, 0.29) is 11.7 Å². The Kier molecular flexibility index (Phi) is 4.55. The Morgan fingerprint density at radius 1 is 1.10 bits per heavy atom. The number of phenols is 1. The predicted molar refractivity (Wildman–Crippen MR) is 121 cm³/mol. The molecule has 4 aromatic rings. The normalized spacial score (nSPS) is 14.5. The Balaban J connectivity index is 1.53. The van der Waals surface area contributed by atoms with Crippen molar-refractivity contribution in [1.29, 1.82) is 0 Å². The van der Waals surface area contributed by atoms with Crippen molar-refractivity contribution < 1.29 is 9.90 Å². The number of nitrogens with one attached hydrogen (secondary N) is 2. The number of phenolic OH excluding ortho intramolecular Hbond substituents is 1. The number of rotatable bonds is 3. The molecule has 0 aliphatic carbocycles. The van der Waals surface area contributed by atoms with Gasteiger partial charge in [0.1, 0.15) is 11.3 Å². The van der Waals surface area contributed by atoms with Crippen LogP contribution < -0.4 is 15.5 Å². The summed E-state index contributed by atoms with van der Waals surface area (Å²) in [7, 11) is 3.68. The van der Waals surface area contributed by atoms with Crippen LogP contribution in [0.1, 0.15) is 15.9 Å². The Bertz CT molecular complexity index is 1310. The quantitative estimate of drug-likeness (QED) is 0.440. The van der Waals surface area contributed by atoms with Gasteiger partial charge in [-0.2, -0.15) is 10.2 Å². The third-order valence-electron chi connectivity index (χ3n) is 5.84. The lowest BCUT2D eigenvalue weighted by atomic mass is 10.1. The van der Waals surface area contributed by atoms with Gasteiger partial charge in [0.15, 0.2) is 0 Å². The molecule has 1 saturated heterocycles. The molecule has 5 rings (SSSR count). The summed E-state index contributed by atoms with van der Waals surface area (Å²) in [4.78, 5) is 15.5. The van der Waals surface area contributed by atoms with Crippen LogP contribution in [0.25, 0.3) is 21.8 Å². The minimum atomic E-state index is -0.312. The molecule has 0 unspecified atom stereocenters. The number of nitrogens with zero attached hydrogens (tertiary/aromatic N) is 5. The number of hydrogen-bond acceptors (Lipinski definition) is 6. The smallest absolute Gasteiger partial charge is 0.258 e. The number of fused-ring (bicyclic) bond motifs is 2. The van der Waals surface area contributed by atoms with Crippen LogP contribution in [0.5, 0.6) is 5.75 Å². The van der Waals surface area contributed by atoms with Crippen molar-refractivity contribution in [3.8, 4) is 5.75 Å². The summed E-state index contributed by atoms with van der Waals surface area (Å²) >= 11 is 0. The fraction of sp³-hybridized carbons (Fsp3) is 0.318.